The van der Waals surface area contributed by atoms with Crippen molar-refractivity contribution in [3.8, 4) is 0 Å². The van der Waals surface area contributed by atoms with E-state index in [0.717, 1.165) is 22.9 Å². The fraction of sp³-hybridized carbons (Fsp3) is 0.375. The topological polar surface area (TPSA) is 68.5 Å². The summed E-state index contributed by atoms with van der Waals surface area (Å²) < 4.78 is 7.06. The molecular weight excluding hydrogens is 306 g/mol. The molecular formula is C16H18ClNO4. The zero-order valence-electron chi connectivity index (χ0n) is 12.3. The van der Waals surface area contributed by atoms with E-state index in [9.17, 15) is 9.59 Å². The summed E-state index contributed by atoms with van der Waals surface area (Å²) in [5.74, 6) is -0.783. The third-order valence-electron chi connectivity index (χ3n) is 3.62. The lowest BCUT2D eigenvalue weighted by atomic mass is 10.1. The molecule has 2 aromatic rings. The zero-order chi connectivity index (χ0) is 16.1. The number of carbonyl (C=O) groups is 2. The van der Waals surface area contributed by atoms with Crippen molar-refractivity contribution in [3.05, 3.63) is 35.0 Å². The highest BCUT2D eigenvalue weighted by Gasteiger charge is 2.17. The van der Waals surface area contributed by atoms with Crippen molar-refractivity contribution in [2.75, 3.05) is 0 Å². The van der Waals surface area contributed by atoms with Gasteiger partial charge < -0.3 is 14.4 Å². The van der Waals surface area contributed by atoms with Gasteiger partial charge in [-0.1, -0.05) is 17.7 Å². The van der Waals surface area contributed by atoms with Crippen LogP contribution in [0.4, 0.5) is 0 Å². The largest absolute Gasteiger partial charge is 0.481 e. The summed E-state index contributed by atoms with van der Waals surface area (Å²) in [5.41, 5.74) is 1.81. The summed E-state index contributed by atoms with van der Waals surface area (Å²) in [7, 11) is 0. The van der Waals surface area contributed by atoms with E-state index < -0.39 is 5.97 Å². The first-order valence-corrected chi connectivity index (χ1v) is 7.50. The van der Waals surface area contributed by atoms with Crippen LogP contribution in [0.3, 0.4) is 0 Å². The molecule has 1 aromatic heterocycles. The molecule has 6 heteroatoms. The minimum absolute atomic E-state index is 0.164. The van der Waals surface area contributed by atoms with Gasteiger partial charge in [-0.3, -0.25) is 9.59 Å². The highest BCUT2D eigenvalue weighted by atomic mass is 35.5. The number of carboxylic acid groups (broad SMARTS) is 1. The van der Waals surface area contributed by atoms with Gasteiger partial charge in [0.25, 0.3) is 6.47 Å². The van der Waals surface area contributed by atoms with E-state index in [-0.39, 0.29) is 12.5 Å². The van der Waals surface area contributed by atoms with Crippen LogP contribution in [0.1, 0.15) is 37.9 Å². The van der Waals surface area contributed by atoms with Crippen LogP contribution in [-0.4, -0.2) is 22.1 Å². The number of benzene rings is 1. The molecule has 0 spiro atoms. The van der Waals surface area contributed by atoms with Gasteiger partial charge in [-0.25, -0.2) is 0 Å². The van der Waals surface area contributed by atoms with Crippen LogP contribution in [0.15, 0.2) is 24.4 Å². The van der Waals surface area contributed by atoms with Crippen LogP contribution >= 0.6 is 11.6 Å². The summed E-state index contributed by atoms with van der Waals surface area (Å²) in [6.07, 6.45) is 3.07. The lowest BCUT2D eigenvalue weighted by molar-refractivity contribution is -0.137. The number of unbranched alkanes of at least 4 members (excludes halogenated alkanes) is 1. The molecule has 1 N–H and O–H groups in total. The lowest BCUT2D eigenvalue weighted by Crippen LogP contribution is -2.00. The molecule has 22 heavy (non-hydrogen) atoms. The third-order valence-corrected chi connectivity index (χ3v) is 3.94. The second-order valence-corrected chi connectivity index (χ2v) is 5.54. The molecule has 5 nitrogen and oxygen atoms in total. The lowest BCUT2D eigenvalue weighted by Gasteiger charge is -2.08. The average molecular weight is 324 g/mol. The number of hydrogen-bond donors (Lipinski definition) is 1. The number of aromatic nitrogens is 1. The molecule has 0 fully saturated rings. The second kappa shape index (κ2) is 7.31. The number of nitrogens with zero attached hydrogens (tertiary/aromatic N) is 1. The van der Waals surface area contributed by atoms with Gasteiger partial charge in [0, 0.05) is 35.6 Å². The number of aryl methyl sites for hydroxylation is 1. The number of ether oxygens (including phenoxy) is 1. The predicted octanol–water partition coefficient (Wildman–Crippen LogP) is 3.78. The number of carbonyl (C=O) groups excluding carboxylic acids is 1. The summed E-state index contributed by atoms with van der Waals surface area (Å²) in [4.78, 5) is 21.1. The Morgan fingerprint density at radius 1 is 1.45 bits per heavy atom. The maximum Gasteiger partial charge on any atom is 0.303 e. The Labute approximate surface area is 133 Å². The molecule has 1 atom stereocenters. The van der Waals surface area contributed by atoms with Crippen LogP contribution in [-0.2, 0) is 20.9 Å². The number of fused-ring (bicyclic) bond motifs is 1. The molecule has 0 saturated carbocycles. The van der Waals surface area contributed by atoms with Crippen molar-refractivity contribution in [3.63, 3.8) is 0 Å². The smallest absolute Gasteiger partial charge is 0.303 e. The minimum atomic E-state index is -0.783. The van der Waals surface area contributed by atoms with E-state index in [4.69, 9.17) is 21.4 Å². The number of hydrogen-bond acceptors (Lipinski definition) is 3. The molecule has 2 rings (SSSR count). The SMILES string of the molecule is CC(OC=O)c1cn(CCCCC(=O)O)c2cccc(Cl)c12. The van der Waals surface area contributed by atoms with Crippen LogP contribution in [0.2, 0.25) is 5.02 Å². The molecule has 1 aromatic carbocycles. The van der Waals surface area contributed by atoms with Gasteiger partial charge in [0.05, 0.1) is 5.02 Å². The van der Waals surface area contributed by atoms with Crippen molar-refractivity contribution in [1.82, 2.24) is 4.57 Å². The molecule has 0 aliphatic carbocycles. The fourth-order valence-electron chi connectivity index (χ4n) is 2.55. The van der Waals surface area contributed by atoms with Crippen LogP contribution in [0.5, 0.6) is 0 Å². The second-order valence-electron chi connectivity index (χ2n) is 5.14. The Morgan fingerprint density at radius 3 is 2.91 bits per heavy atom. The van der Waals surface area contributed by atoms with E-state index in [2.05, 4.69) is 0 Å². The quantitative estimate of drug-likeness (QED) is 0.593. The number of aliphatic carboxylic acids is 1. The Balaban J connectivity index is 2.28. The molecule has 1 unspecified atom stereocenters. The van der Waals surface area contributed by atoms with E-state index in [1.807, 2.05) is 22.9 Å². The van der Waals surface area contributed by atoms with Gasteiger partial charge in [0.1, 0.15) is 6.10 Å². The summed E-state index contributed by atoms with van der Waals surface area (Å²) >= 11 is 6.29. The van der Waals surface area contributed by atoms with Gasteiger partial charge in [-0.15, -0.1) is 0 Å². The van der Waals surface area contributed by atoms with E-state index in [0.29, 0.717) is 24.5 Å². The standard InChI is InChI=1S/C16H18ClNO4/c1-11(22-10-19)12-9-18(8-3-2-7-15(20)21)14-6-4-5-13(17)16(12)14/h4-6,9-11H,2-3,7-8H2,1H3,(H,20,21). The Morgan fingerprint density at radius 2 is 2.23 bits per heavy atom. The Hall–Kier alpha value is -2.01. The maximum atomic E-state index is 10.6. The van der Waals surface area contributed by atoms with Crippen molar-refractivity contribution < 1.29 is 19.4 Å². The third kappa shape index (κ3) is 3.60. The first-order valence-electron chi connectivity index (χ1n) is 7.12. The van der Waals surface area contributed by atoms with Crippen LogP contribution in [0.25, 0.3) is 10.9 Å². The van der Waals surface area contributed by atoms with Crippen molar-refractivity contribution in [1.29, 1.82) is 0 Å². The molecule has 118 valence electrons. The van der Waals surface area contributed by atoms with Crippen molar-refractivity contribution in [2.24, 2.45) is 0 Å². The van der Waals surface area contributed by atoms with Crippen molar-refractivity contribution >= 4 is 34.9 Å². The Bertz CT molecular complexity index is 680. The van der Waals surface area contributed by atoms with Gasteiger partial charge in [-0.05, 0) is 31.9 Å². The maximum absolute atomic E-state index is 10.6. The normalized spacial score (nSPS) is 12.3. The van der Waals surface area contributed by atoms with E-state index >= 15 is 0 Å². The monoisotopic (exact) mass is 323 g/mol. The van der Waals surface area contributed by atoms with Crippen molar-refractivity contribution in [2.45, 2.75) is 38.8 Å². The van der Waals surface area contributed by atoms with E-state index in [1.54, 1.807) is 13.0 Å². The highest BCUT2D eigenvalue weighted by molar-refractivity contribution is 6.35. The molecule has 0 bridgehead atoms. The Kier molecular flexibility index (Phi) is 5.44. The highest BCUT2D eigenvalue weighted by Crippen LogP contribution is 2.33. The first kappa shape index (κ1) is 16.4. The average Bonchev–Trinajstić information content (AvgIpc) is 2.84. The number of rotatable bonds is 8. The van der Waals surface area contributed by atoms with Gasteiger partial charge in [-0.2, -0.15) is 0 Å². The van der Waals surface area contributed by atoms with Crippen LogP contribution in [0, 0.1) is 0 Å². The molecule has 0 aliphatic rings. The van der Waals surface area contributed by atoms with E-state index in [1.165, 1.54) is 0 Å². The summed E-state index contributed by atoms with van der Waals surface area (Å²) in [6, 6.07) is 5.62. The molecule has 0 amide bonds. The zero-order valence-corrected chi connectivity index (χ0v) is 13.0. The molecule has 0 aliphatic heterocycles. The molecule has 0 saturated heterocycles. The molecule has 1 heterocycles. The first-order chi connectivity index (χ1) is 10.5. The summed E-state index contributed by atoms with van der Waals surface area (Å²) in [6.45, 7) is 2.91. The number of halogens is 1. The number of carboxylic acids is 1. The fourth-order valence-corrected chi connectivity index (χ4v) is 2.83. The molecule has 0 radical (unpaired) electrons. The van der Waals surface area contributed by atoms with Gasteiger partial charge >= 0.3 is 5.97 Å². The predicted molar refractivity (Wildman–Crippen MR) is 84.0 cm³/mol. The van der Waals surface area contributed by atoms with Gasteiger partial charge in [0.2, 0.25) is 0 Å². The van der Waals surface area contributed by atoms with Crippen LogP contribution < -0.4 is 0 Å². The summed E-state index contributed by atoms with van der Waals surface area (Å²) in [5, 5.41) is 10.2. The van der Waals surface area contributed by atoms with Gasteiger partial charge in [0.15, 0.2) is 0 Å². The minimum Gasteiger partial charge on any atom is -0.481 e.